The first-order chi connectivity index (χ1) is 10.7. The molecule has 1 saturated heterocycles. The first-order valence-electron chi connectivity index (χ1n) is 8.33. The number of hydrogen-bond donors (Lipinski definition) is 1. The van der Waals surface area contributed by atoms with Crippen LogP contribution in [0.5, 0.6) is 5.75 Å². The van der Waals surface area contributed by atoms with Crippen molar-refractivity contribution in [3.05, 3.63) is 23.8 Å². The Hall–Kier alpha value is -1.71. The van der Waals surface area contributed by atoms with E-state index in [1.807, 2.05) is 6.07 Å². The van der Waals surface area contributed by atoms with E-state index >= 15 is 0 Å². The first kappa shape index (κ1) is 15.2. The summed E-state index contributed by atoms with van der Waals surface area (Å²) in [5.41, 5.74) is 2.39. The van der Waals surface area contributed by atoms with E-state index in [-0.39, 0.29) is 12.3 Å². The monoisotopic (exact) mass is 303 g/mol. The molecule has 1 aromatic rings. The quantitative estimate of drug-likeness (QED) is 0.871. The Morgan fingerprint density at radius 1 is 1.32 bits per heavy atom. The van der Waals surface area contributed by atoms with Crippen molar-refractivity contribution in [2.24, 2.45) is 5.92 Å². The van der Waals surface area contributed by atoms with Gasteiger partial charge in [-0.2, -0.15) is 0 Å². The normalized spacial score (nSPS) is 19.8. The molecule has 0 radical (unpaired) electrons. The predicted molar refractivity (Wildman–Crippen MR) is 86.8 cm³/mol. The van der Waals surface area contributed by atoms with Crippen LogP contribution in [-0.2, 0) is 4.79 Å². The first-order valence-corrected chi connectivity index (χ1v) is 8.33. The smallest absolute Gasteiger partial charge is 0.303 e. The lowest BCUT2D eigenvalue weighted by molar-refractivity contribution is -0.137. The fourth-order valence-electron chi connectivity index (χ4n) is 3.60. The highest BCUT2D eigenvalue weighted by Gasteiger charge is 2.36. The molecule has 1 N–H and O–H groups in total. The summed E-state index contributed by atoms with van der Waals surface area (Å²) in [4.78, 5) is 13.7. The summed E-state index contributed by atoms with van der Waals surface area (Å²) in [6.45, 7) is 2.15. The highest BCUT2D eigenvalue weighted by molar-refractivity contribution is 5.70. The maximum atomic E-state index is 11.3. The molecule has 1 aromatic carbocycles. The topological polar surface area (TPSA) is 49.8 Å². The van der Waals surface area contributed by atoms with Gasteiger partial charge in [-0.15, -0.1) is 0 Å². The molecule has 22 heavy (non-hydrogen) atoms. The lowest BCUT2D eigenvalue weighted by atomic mass is 9.88. The van der Waals surface area contributed by atoms with Gasteiger partial charge in [0.1, 0.15) is 5.75 Å². The minimum Gasteiger partial charge on any atom is -0.497 e. The fourth-order valence-corrected chi connectivity index (χ4v) is 3.60. The van der Waals surface area contributed by atoms with Crippen LogP contribution >= 0.6 is 0 Å². The van der Waals surface area contributed by atoms with Crippen molar-refractivity contribution in [1.29, 1.82) is 0 Å². The molecule has 0 amide bonds. The van der Waals surface area contributed by atoms with E-state index in [2.05, 4.69) is 17.0 Å². The second-order valence-corrected chi connectivity index (χ2v) is 6.51. The molecule has 1 aliphatic carbocycles. The standard InChI is InChI=1S/C18H25NO3/c1-22-14-7-8-17(19-9-3-2-4-10-19)16(11-14)15(12-18(20)21)13-5-6-13/h7-8,11,13,15H,2-6,9-10,12H2,1H3,(H,20,21). The number of ether oxygens (including phenoxy) is 1. The Morgan fingerprint density at radius 2 is 2.05 bits per heavy atom. The molecular weight excluding hydrogens is 278 g/mol. The second-order valence-electron chi connectivity index (χ2n) is 6.51. The van der Waals surface area contributed by atoms with Crippen LogP contribution in [0.1, 0.15) is 50.0 Å². The molecule has 0 aromatic heterocycles. The van der Waals surface area contributed by atoms with Gasteiger partial charge in [-0.25, -0.2) is 0 Å². The summed E-state index contributed by atoms with van der Waals surface area (Å²) in [5, 5.41) is 9.30. The zero-order chi connectivity index (χ0) is 15.5. The molecule has 1 heterocycles. The van der Waals surface area contributed by atoms with Gasteiger partial charge in [0.25, 0.3) is 0 Å². The van der Waals surface area contributed by atoms with Gasteiger partial charge in [-0.3, -0.25) is 4.79 Å². The Labute approximate surface area is 132 Å². The van der Waals surface area contributed by atoms with Gasteiger partial charge in [0.05, 0.1) is 13.5 Å². The third kappa shape index (κ3) is 3.37. The molecule has 0 spiro atoms. The molecular formula is C18H25NO3. The Morgan fingerprint density at radius 3 is 2.64 bits per heavy atom. The van der Waals surface area contributed by atoms with Crippen molar-refractivity contribution in [2.75, 3.05) is 25.1 Å². The average molecular weight is 303 g/mol. The Bertz CT molecular complexity index is 533. The number of rotatable bonds is 6. The Kier molecular flexibility index (Phi) is 4.55. The molecule has 1 atom stereocenters. The number of carbonyl (C=O) groups is 1. The minimum atomic E-state index is -0.704. The third-order valence-electron chi connectivity index (χ3n) is 4.92. The number of carboxylic acids is 1. The number of methoxy groups -OCH3 is 1. The Balaban J connectivity index is 1.95. The molecule has 3 rings (SSSR count). The molecule has 0 bridgehead atoms. The number of piperidine rings is 1. The number of hydrogen-bond acceptors (Lipinski definition) is 3. The lowest BCUT2D eigenvalue weighted by Gasteiger charge is -2.32. The lowest BCUT2D eigenvalue weighted by Crippen LogP contribution is -2.30. The van der Waals surface area contributed by atoms with Crippen LogP contribution < -0.4 is 9.64 Å². The summed E-state index contributed by atoms with van der Waals surface area (Å²) in [6, 6.07) is 6.19. The summed E-state index contributed by atoms with van der Waals surface area (Å²) in [5.74, 6) is 0.757. The van der Waals surface area contributed by atoms with E-state index in [1.165, 1.54) is 30.5 Å². The van der Waals surface area contributed by atoms with Gasteiger partial charge >= 0.3 is 5.97 Å². The number of carboxylic acid groups (broad SMARTS) is 1. The zero-order valence-electron chi connectivity index (χ0n) is 13.3. The van der Waals surface area contributed by atoms with Crippen LogP contribution in [0.4, 0.5) is 5.69 Å². The summed E-state index contributed by atoms with van der Waals surface area (Å²) in [7, 11) is 1.67. The highest BCUT2D eigenvalue weighted by atomic mass is 16.5. The van der Waals surface area contributed by atoms with Gasteiger partial charge in [0.2, 0.25) is 0 Å². The van der Waals surface area contributed by atoms with Crippen LogP contribution in [0.25, 0.3) is 0 Å². The van der Waals surface area contributed by atoms with Crippen LogP contribution in [0.2, 0.25) is 0 Å². The van der Waals surface area contributed by atoms with Crippen LogP contribution in [0.3, 0.4) is 0 Å². The SMILES string of the molecule is COc1ccc(N2CCCCC2)c(C(CC(=O)O)C2CC2)c1. The van der Waals surface area contributed by atoms with E-state index in [9.17, 15) is 9.90 Å². The van der Waals surface area contributed by atoms with Crippen molar-refractivity contribution in [2.45, 2.75) is 44.4 Å². The molecule has 1 aliphatic heterocycles. The molecule has 2 fully saturated rings. The van der Waals surface area contributed by atoms with E-state index in [0.717, 1.165) is 31.7 Å². The average Bonchev–Trinajstić information content (AvgIpc) is 3.37. The van der Waals surface area contributed by atoms with Gasteiger partial charge in [-0.05, 0) is 67.7 Å². The van der Waals surface area contributed by atoms with Gasteiger partial charge < -0.3 is 14.7 Å². The minimum absolute atomic E-state index is 0.115. The zero-order valence-corrected chi connectivity index (χ0v) is 13.3. The molecule has 1 saturated carbocycles. The van der Waals surface area contributed by atoms with Gasteiger partial charge in [0, 0.05) is 18.8 Å². The number of nitrogens with zero attached hydrogens (tertiary/aromatic N) is 1. The summed E-state index contributed by atoms with van der Waals surface area (Å²) >= 11 is 0. The van der Waals surface area contributed by atoms with Crippen LogP contribution in [0.15, 0.2) is 18.2 Å². The van der Waals surface area contributed by atoms with E-state index in [1.54, 1.807) is 7.11 Å². The van der Waals surface area contributed by atoms with Crippen molar-refractivity contribution >= 4 is 11.7 Å². The van der Waals surface area contributed by atoms with Crippen molar-refractivity contribution in [3.63, 3.8) is 0 Å². The van der Waals surface area contributed by atoms with Crippen molar-refractivity contribution in [3.8, 4) is 5.75 Å². The maximum absolute atomic E-state index is 11.3. The summed E-state index contributed by atoms with van der Waals surface area (Å²) in [6.07, 6.45) is 6.25. The maximum Gasteiger partial charge on any atom is 0.303 e. The van der Waals surface area contributed by atoms with Gasteiger partial charge in [-0.1, -0.05) is 0 Å². The van der Waals surface area contributed by atoms with E-state index in [0.29, 0.717) is 5.92 Å². The summed E-state index contributed by atoms with van der Waals surface area (Å²) < 4.78 is 5.39. The second kappa shape index (κ2) is 6.59. The fraction of sp³-hybridized carbons (Fsp3) is 0.611. The van der Waals surface area contributed by atoms with Crippen molar-refractivity contribution < 1.29 is 14.6 Å². The highest BCUT2D eigenvalue weighted by Crippen LogP contribution is 2.48. The van der Waals surface area contributed by atoms with Gasteiger partial charge in [0.15, 0.2) is 0 Å². The largest absolute Gasteiger partial charge is 0.497 e. The van der Waals surface area contributed by atoms with Crippen molar-refractivity contribution in [1.82, 2.24) is 0 Å². The van der Waals surface area contributed by atoms with E-state index in [4.69, 9.17) is 4.74 Å². The number of anilines is 1. The number of aliphatic carboxylic acids is 1. The number of benzene rings is 1. The molecule has 2 aliphatic rings. The van der Waals surface area contributed by atoms with E-state index < -0.39 is 5.97 Å². The van der Waals surface area contributed by atoms with Crippen LogP contribution in [-0.4, -0.2) is 31.3 Å². The molecule has 4 nitrogen and oxygen atoms in total. The molecule has 120 valence electrons. The predicted octanol–water partition coefficient (Wildman–Crippen LogP) is 3.65. The molecule has 1 unspecified atom stereocenters. The van der Waals surface area contributed by atoms with Crippen LogP contribution in [0, 0.1) is 5.92 Å². The molecule has 4 heteroatoms. The third-order valence-corrected chi connectivity index (χ3v) is 4.92.